The SMILES string of the molecule is CCOC(=O)[C@H](CNC(=O)C1CCCN(C(=O)CCC2CCN(C(=O)OC(C)(C)C)CC2)C1)NS(=O)(=O)c1ccccc1OC. The maximum absolute atomic E-state index is 13.1. The van der Waals surface area contributed by atoms with Gasteiger partial charge in [-0.25, -0.2) is 13.2 Å². The van der Waals surface area contributed by atoms with E-state index in [0.29, 0.717) is 51.2 Å². The smallest absolute Gasteiger partial charge is 0.410 e. The van der Waals surface area contributed by atoms with E-state index in [-0.39, 0.29) is 48.2 Å². The minimum Gasteiger partial charge on any atom is -0.495 e. The van der Waals surface area contributed by atoms with Crippen molar-refractivity contribution in [3.63, 3.8) is 0 Å². The summed E-state index contributed by atoms with van der Waals surface area (Å²) in [6.07, 6.45) is 3.59. The highest BCUT2D eigenvalue weighted by Crippen LogP contribution is 2.26. The van der Waals surface area contributed by atoms with Crippen molar-refractivity contribution in [1.82, 2.24) is 19.8 Å². The molecule has 2 aliphatic rings. The zero-order chi connectivity index (χ0) is 33.2. The van der Waals surface area contributed by atoms with Gasteiger partial charge in [0.25, 0.3) is 0 Å². The Kier molecular flexibility index (Phi) is 13.0. The van der Waals surface area contributed by atoms with E-state index in [2.05, 4.69) is 10.0 Å². The highest BCUT2D eigenvalue weighted by atomic mass is 32.2. The van der Waals surface area contributed by atoms with Gasteiger partial charge in [0.1, 0.15) is 22.3 Å². The van der Waals surface area contributed by atoms with Gasteiger partial charge >= 0.3 is 12.1 Å². The van der Waals surface area contributed by atoms with Gasteiger partial charge in [0.2, 0.25) is 21.8 Å². The summed E-state index contributed by atoms with van der Waals surface area (Å²) in [7, 11) is -2.85. The monoisotopic (exact) mass is 652 g/mol. The Morgan fingerprint density at radius 3 is 2.36 bits per heavy atom. The molecule has 3 amide bonds. The molecule has 14 heteroatoms. The van der Waals surface area contributed by atoms with Gasteiger partial charge in [0.05, 0.1) is 19.6 Å². The maximum Gasteiger partial charge on any atom is 0.410 e. The molecule has 2 heterocycles. The molecule has 2 saturated heterocycles. The summed E-state index contributed by atoms with van der Waals surface area (Å²) in [5.41, 5.74) is -0.541. The third-order valence-corrected chi connectivity index (χ3v) is 9.40. The molecule has 252 valence electrons. The van der Waals surface area contributed by atoms with Gasteiger partial charge in [-0.2, -0.15) is 4.72 Å². The lowest BCUT2D eigenvalue weighted by Gasteiger charge is -2.34. The summed E-state index contributed by atoms with van der Waals surface area (Å²) in [6, 6.07) is 4.62. The zero-order valence-electron chi connectivity index (χ0n) is 27.0. The van der Waals surface area contributed by atoms with Crippen molar-refractivity contribution in [2.24, 2.45) is 11.8 Å². The van der Waals surface area contributed by atoms with Crippen molar-refractivity contribution in [1.29, 1.82) is 0 Å². The number of benzene rings is 1. The van der Waals surface area contributed by atoms with Crippen LogP contribution in [0.4, 0.5) is 4.79 Å². The molecule has 2 fully saturated rings. The van der Waals surface area contributed by atoms with E-state index in [1.807, 2.05) is 20.8 Å². The molecule has 2 atom stereocenters. The van der Waals surface area contributed by atoms with E-state index in [0.717, 1.165) is 12.8 Å². The molecule has 0 radical (unpaired) electrons. The predicted molar refractivity (Wildman–Crippen MR) is 166 cm³/mol. The molecule has 1 unspecified atom stereocenters. The number of para-hydroxylation sites is 1. The lowest BCUT2D eigenvalue weighted by atomic mass is 9.91. The number of piperidine rings is 2. The number of ether oxygens (including phenoxy) is 3. The first-order chi connectivity index (χ1) is 21.2. The molecule has 0 aliphatic carbocycles. The number of rotatable bonds is 12. The van der Waals surface area contributed by atoms with Crippen molar-refractivity contribution < 1.29 is 41.8 Å². The lowest BCUT2D eigenvalue weighted by Crippen LogP contribution is -2.51. The Morgan fingerprint density at radius 1 is 1.02 bits per heavy atom. The molecule has 0 spiro atoms. The quantitative estimate of drug-likeness (QED) is 0.324. The first-order valence-corrected chi connectivity index (χ1v) is 17.1. The molecule has 2 aliphatic heterocycles. The number of methoxy groups -OCH3 is 1. The number of amides is 3. The fraction of sp³-hybridized carbons (Fsp3) is 0.677. The minimum atomic E-state index is -4.19. The molecule has 1 aromatic carbocycles. The number of hydrogen-bond acceptors (Lipinski definition) is 9. The Hall–Kier alpha value is -3.39. The fourth-order valence-electron chi connectivity index (χ4n) is 5.49. The first kappa shape index (κ1) is 36.1. The summed E-state index contributed by atoms with van der Waals surface area (Å²) in [4.78, 5) is 54.4. The number of hydrogen-bond donors (Lipinski definition) is 2. The maximum atomic E-state index is 13.1. The number of esters is 1. The average molecular weight is 653 g/mol. The van der Waals surface area contributed by atoms with Crippen LogP contribution in [-0.4, -0.2) is 100 Å². The summed E-state index contributed by atoms with van der Waals surface area (Å²) in [6.45, 7) is 8.84. The fourth-order valence-corrected chi connectivity index (χ4v) is 6.84. The van der Waals surface area contributed by atoms with E-state index in [9.17, 15) is 27.6 Å². The van der Waals surface area contributed by atoms with Crippen LogP contribution in [0.1, 0.15) is 66.2 Å². The molecule has 0 saturated carbocycles. The predicted octanol–water partition coefficient (Wildman–Crippen LogP) is 2.69. The van der Waals surface area contributed by atoms with Crippen LogP contribution >= 0.6 is 0 Å². The van der Waals surface area contributed by atoms with E-state index >= 15 is 0 Å². The van der Waals surface area contributed by atoms with E-state index in [1.165, 1.54) is 25.3 Å². The van der Waals surface area contributed by atoms with Crippen LogP contribution in [0.2, 0.25) is 0 Å². The molecular weight excluding hydrogens is 604 g/mol. The van der Waals surface area contributed by atoms with Crippen molar-refractivity contribution in [2.75, 3.05) is 46.4 Å². The normalized spacial score (nSPS) is 18.6. The first-order valence-electron chi connectivity index (χ1n) is 15.6. The van der Waals surface area contributed by atoms with Crippen LogP contribution in [0.25, 0.3) is 0 Å². The van der Waals surface area contributed by atoms with Crippen molar-refractivity contribution in [3.05, 3.63) is 24.3 Å². The number of nitrogens with zero attached hydrogens (tertiary/aromatic N) is 2. The van der Waals surface area contributed by atoms with Crippen molar-refractivity contribution in [3.8, 4) is 5.75 Å². The summed E-state index contributed by atoms with van der Waals surface area (Å²) >= 11 is 0. The molecule has 13 nitrogen and oxygen atoms in total. The number of carbonyl (C=O) groups excluding carboxylic acids is 4. The van der Waals surface area contributed by atoms with Crippen LogP contribution in [0.15, 0.2) is 29.2 Å². The lowest BCUT2D eigenvalue weighted by molar-refractivity contribution is -0.145. The Morgan fingerprint density at radius 2 is 1.71 bits per heavy atom. The van der Waals surface area contributed by atoms with Crippen LogP contribution in [0.3, 0.4) is 0 Å². The average Bonchev–Trinajstić information content (AvgIpc) is 3.01. The second kappa shape index (κ2) is 16.3. The largest absolute Gasteiger partial charge is 0.495 e. The molecule has 1 aromatic rings. The van der Waals surface area contributed by atoms with Gasteiger partial charge < -0.3 is 29.3 Å². The number of sulfonamides is 1. The van der Waals surface area contributed by atoms with E-state index < -0.39 is 33.6 Å². The van der Waals surface area contributed by atoms with Crippen molar-refractivity contribution in [2.45, 2.75) is 82.8 Å². The second-order valence-corrected chi connectivity index (χ2v) is 14.1. The minimum absolute atomic E-state index is 0.0176. The van der Waals surface area contributed by atoms with E-state index in [4.69, 9.17) is 14.2 Å². The van der Waals surface area contributed by atoms with Gasteiger partial charge in [-0.3, -0.25) is 14.4 Å². The Bertz CT molecular complexity index is 1290. The number of likely N-dealkylation sites (tertiary alicyclic amines) is 2. The van der Waals surface area contributed by atoms with Gasteiger partial charge in [-0.15, -0.1) is 0 Å². The molecule has 0 aromatic heterocycles. The molecule has 2 N–H and O–H groups in total. The summed E-state index contributed by atoms with van der Waals surface area (Å²) < 4.78 is 44.2. The van der Waals surface area contributed by atoms with E-state index in [1.54, 1.807) is 22.8 Å². The number of carbonyl (C=O) groups is 4. The molecule has 0 bridgehead atoms. The van der Waals surface area contributed by atoms with Crippen molar-refractivity contribution >= 4 is 33.9 Å². The third kappa shape index (κ3) is 10.9. The molecular formula is C31H48N4O9S. The Balaban J connectivity index is 1.50. The topological polar surface area (TPSA) is 161 Å². The molecule has 3 rings (SSSR count). The Labute approximate surface area is 266 Å². The summed E-state index contributed by atoms with van der Waals surface area (Å²) in [5.74, 6) is -1.27. The zero-order valence-corrected chi connectivity index (χ0v) is 27.8. The van der Waals surface area contributed by atoms with Crippen LogP contribution in [0.5, 0.6) is 5.75 Å². The van der Waals surface area contributed by atoms with Gasteiger partial charge in [0, 0.05) is 39.1 Å². The van der Waals surface area contributed by atoms with Gasteiger partial charge in [0.15, 0.2) is 0 Å². The van der Waals surface area contributed by atoms with Gasteiger partial charge in [-0.1, -0.05) is 12.1 Å². The van der Waals surface area contributed by atoms with Crippen LogP contribution in [0, 0.1) is 11.8 Å². The third-order valence-electron chi connectivity index (χ3n) is 7.89. The standard InChI is InChI=1S/C31H48N4O9S/c1-6-43-29(38)24(33-45(40,41)26-12-8-7-11-25(26)42-5)20-32-28(37)23-10-9-17-35(21-23)27(36)14-13-22-15-18-34(19-16-22)30(39)44-31(2,3)4/h7-8,11-12,22-24,33H,6,9-10,13-21H2,1-5H3,(H,32,37)/t23?,24-/m0/s1. The second-order valence-electron chi connectivity index (χ2n) is 12.5. The summed E-state index contributed by atoms with van der Waals surface area (Å²) in [5, 5.41) is 2.69. The highest BCUT2D eigenvalue weighted by molar-refractivity contribution is 7.89. The van der Waals surface area contributed by atoms with Crippen LogP contribution in [-0.2, 0) is 33.9 Å². The van der Waals surface area contributed by atoms with Crippen LogP contribution < -0.4 is 14.8 Å². The highest BCUT2D eigenvalue weighted by Gasteiger charge is 2.33. The van der Waals surface area contributed by atoms with Gasteiger partial charge in [-0.05, 0) is 77.8 Å². The molecule has 45 heavy (non-hydrogen) atoms. The number of nitrogens with one attached hydrogen (secondary N) is 2.